The minimum atomic E-state index is -3.78. The summed E-state index contributed by atoms with van der Waals surface area (Å²) in [6.45, 7) is 1.76. The van der Waals surface area contributed by atoms with Crippen molar-refractivity contribution in [2.24, 2.45) is 0 Å². The standard InChI is InChI=1S/C9H10BrN5O2S/c1-5-6(10)2-3-8(13-5)15-18(16,17)7-4-12-14-9(7)11/h2-4H,1H3,(H,13,15)(H3,11,12,14). The lowest BCUT2D eigenvalue weighted by Crippen LogP contribution is -2.15. The maximum Gasteiger partial charge on any atom is 0.268 e. The summed E-state index contributed by atoms with van der Waals surface area (Å²) >= 11 is 3.28. The molecule has 2 aromatic rings. The Kier molecular flexibility index (Phi) is 3.26. The van der Waals surface area contributed by atoms with Crippen LogP contribution >= 0.6 is 15.9 Å². The number of halogens is 1. The zero-order valence-corrected chi connectivity index (χ0v) is 11.7. The number of hydrogen-bond donors (Lipinski definition) is 3. The molecule has 0 radical (unpaired) electrons. The zero-order valence-electron chi connectivity index (χ0n) is 9.31. The van der Waals surface area contributed by atoms with Crippen LogP contribution in [0.3, 0.4) is 0 Å². The van der Waals surface area contributed by atoms with E-state index in [4.69, 9.17) is 5.73 Å². The highest BCUT2D eigenvalue weighted by atomic mass is 79.9. The minimum Gasteiger partial charge on any atom is -0.383 e. The number of nitrogen functional groups attached to an aromatic ring is 1. The summed E-state index contributed by atoms with van der Waals surface area (Å²) in [4.78, 5) is 3.98. The third-order valence-electron chi connectivity index (χ3n) is 2.18. The molecular weight excluding hydrogens is 322 g/mol. The normalized spacial score (nSPS) is 11.4. The van der Waals surface area contributed by atoms with E-state index >= 15 is 0 Å². The van der Waals surface area contributed by atoms with Gasteiger partial charge in [0.2, 0.25) is 0 Å². The highest BCUT2D eigenvalue weighted by Gasteiger charge is 2.20. The first kappa shape index (κ1) is 12.8. The van der Waals surface area contributed by atoms with Crippen LogP contribution in [0.25, 0.3) is 0 Å². The third kappa shape index (κ3) is 2.46. The lowest BCUT2D eigenvalue weighted by Gasteiger charge is -2.07. The van der Waals surface area contributed by atoms with E-state index < -0.39 is 10.0 Å². The molecule has 0 saturated carbocycles. The van der Waals surface area contributed by atoms with E-state index in [1.165, 1.54) is 0 Å². The van der Waals surface area contributed by atoms with Gasteiger partial charge in [0.1, 0.15) is 16.5 Å². The topological polar surface area (TPSA) is 114 Å². The monoisotopic (exact) mass is 331 g/mol. The van der Waals surface area contributed by atoms with E-state index in [0.717, 1.165) is 10.7 Å². The summed E-state index contributed by atoms with van der Waals surface area (Å²) in [6, 6.07) is 3.25. The van der Waals surface area contributed by atoms with Crippen LogP contribution in [0.15, 0.2) is 27.7 Å². The van der Waals surface area contributed by atoms with E-state index in [0.29, 0.717) is 5.69 Å². The first-order valence-corrected chi connectivity index (χ1v) is 7.12. The van der Waals surface area contributed by atoms with Crippen molar-refractivity contribution in [2.45, 2.75) is 11.8 Å². The van der Waals surface area contributed by atoms with Crippen LogP contribution in [0.2, 0.25) is 0 Å². The number of nitrogens with one attached hydrogen (secondary N) is 2. The second-order valence-electron chi connectivity index (χ2n) is 3.52. The first-order valence-electron chi connectivity index (χ1n) is 4.85. The van der Waals surface area contributed by atoms with Gasteiger partial charge in [0.15, 0.2) is 0 Å². The van der Waals surface area contributed by atoms with Crippen molar-refractivity contribution >= 4 is 37.6 Å². The van der Waals surface area contributed by atoms with E-state index in [2.05, 4.69) is 35.8 Å². The van der Waals surface area contributed by atoms with Crippen molar-refractivity contribution < 1.29 is 8.42 Å². The van der Waals surface area contributed by atoms with Gasteiger partial charge in [-0.2, -0.15) is 5.10 Å². The molecule has 2 aromatic heterocycles. The van der Waals surface area contributed by atoms with Gasteiger partial charge in [-0.3, -0.25) is 9.82 Å². The maximum absolute atomic E-state index is 12.0. The smallest absolute Gasteiger partial charge is 0.268 e. The molecule has 0 aliphatic heterocycles. The number of anilines is 2. The van der Waals surface area contributed by atoms with E-state index in [9.17, 15) is 8.42 Å². The second-order valence-corrected chi connectivity index (χ2v) is 6.02. The van der Waals surface area contributed by atoms with Gasteiger partial charge in [-0.25, -0.2) is 13.4 Å². The molecule has 0 bridgehead atoms. The average molecular weight is 332 g/mol. The third-order valence-corrected chi connectivity index (χ3v) is 4.40. The molecule has 0 aromatic carbocycles. The highest BCUT2D eigenvalue weighted by molar-refractivity contribution is 9.10. The number of aryl methyl sites for hydroxylation is 1. The number of sulfonamides is 1. The predicted molar refractivity (Wildman–Crippen MR) is 70.5 cm³/mol. The molecule has 0 amide bonds. The molecule has 0 fully saturated rings. The maximum atomic E-state index is 12.0. The Balaban J connectivity index is 2.34. The van der Waals surface area contributed by atoms with Crippen LogP contribution in [0, 0.1) is 6.92 Å². The fraction of sp³-hybridized carbons (Fsp3) is 0.111. The van der Waals surface area contributed by atoms with Crippen LogP contribution in [-0.2, 0) is 10.0 Å². The molecule has 9 heteroatoms. The van der Waals surface area contributed by atoms with Gasteiger partial charge in [0.05, 0.1) is 11.9 Å². The summed E-state index contributed by atoms with van der Waals surface area (Å²) in [5, 5.41) is 5.93. The summed E-state index contributed by atoms with van der Waals surface area (Å²) < 4.78 is 27.1. The molecule has 4 N–H and O–H groups in total. The van der Waals surface area contributed by atoms with Crippen molar-refractivity contribution in [3.8, 4) is 0 Å². The highest BCUT2D eigenvalue weighted by Crippen LogP contribution is 2.20. The molecule has 0 atom stereocenters. The zero-order chi connectivity index (χ0) is 13.3. The average Bonchev–Trinajstić information content (AvgIpc) is 2.70. The molecule has 0 aliphatic rings. The summed E-state index contributed by atoms with van der Waals surface area (Å²) in [5.74, 6) is 0.202. The van der Waals surface area contributed by atoms with Crippen LogP contribution < -0.4 is 10.5 Å². The molecule has 2 rings (SSSR count). The van der Waals surface area contributed by atoms with E-state index in [-0.39, 0.29) is 16.5 Å². The fourth-order valence-corrected chi connectivity index (χ4v) is 2.54. The van der Waals surface area contributed by atoms with Crippen molar-refractivity contribution in [3.05, 3.63) is 28.5 Å². The molecule has 0 unspecified atom stereocenters. The first-order chi connectivity index (χ1) is 8.40. The molecule has 7 nitrogen and oxygen atoms in total. The van der Waals surface area contributed by atoms with Gasteiger partial charge in [-0.05, 0) is 35.0 Å². The molecule has 0 saturated heterocycles. The second kappa shape index (κ2) is 4.58. The number of aromatic nitrogens is 3. The number of H-pyrrole nitrogens is 1. The summed E-state index contributed by atoms with van der Waals surface area (Å²) in [7, 11) is -3.78. The van der Waals surface area contributed by atoms with Crippen LogP contribution in [0.4, 0.5) is 11.6 Å². The lowest BCUT2D eigenvalue weighted by molar-refractivity contribution is 0.601. The Morgan fingerprint density at radius 3 is 2.72 bits per heavy atom. The quantitative estimate of drug-likeness (QED) is 0.783. The van der Waals surface area contributed by atoms with Crippen molar-refractivity contribution in [1.29, 1.82) is 0 Å². The Labute approximate surface area is 112 Å². The lowest BCUT2D eigenvalue weighted by atomic mass is 10.4. The molecular formula is C9H10BrN5O2S. The van der Waals surface area contributed by atoms with Crippen LogP contribution in [0.5, 0.6) is 0 Å². The van der Waals surface area contributed by atoms with Gasteiger partial charge in [-0.15, -0.1) is 0 Å². The van der Waals surface area contributed by atoms with Gasteiger partial charge >= 0.3 is 0 Å². The largest absolute Gasteiger partial charge is 0.383 e. The molecule has 0 spiro atoms. The number of rotatable bonds is 3. The molecule has 18 heavy (non-hydrogen) atoms. The van der Waals surface area contributed by atoms with Gasteiger partial charge in [0.25, 0.3) is 10.0 Å². The van der Waals surface area contributed by atoms with E-state index in [1.54, 1.807) is 19.1 Å². The molecule has 96 valence electrons. The Bertz CT molecular complexity index is 682. The predicted octanol–water partition coefficient (Wildman–Crippen LogP) is 1.26. The summed E-state index contributed by atoms with van der Waals surface area (Å²) in [5.41, 5.74) is 6.15. The number of nitrogens with two attached hydrogens (primary N) is 1. The number of pyridine rings is 1. The van der Waals surface area contributed by atoms with Crippen molar-refractivity contribution in [1.82, 2.24) is 15.2 Å². The Morgan fingerprint density at radius 1 is 1.44 bits per heavy atom. The number of hydrogen-bond acceptors (Lipinski definition) is 5. The summed E-state index contributed by atoms with van der Waals surface area (Å²) in [6.07, 6.45) is 1.14. The van der Waals surface area contributed by atoms with Gasteiger partial charge in [-0.1, -0.05) is 0 Å². The SMILES string of the molecule is Cc1nc(NS(=O)(=O)c2cn[nH]c2N)ccc1Br. The van der Waals surface area contributed by atoms with Crippen molar-refractivity contribution in [2.75, 3.05) is 10.5 Å². The fourth-order valence-electron chi connectivity index (χ4n) is 1.29. The van der Waals surface area contributed by atoms with E-state index in [1.807, 2.05) is 0 Å². The Hall–Kier alpha value is -1.61. The van der Waals surface area contributed by atoms with Gasteiger partial charge < -0.3 is 5.73 Å². The Morgan fingerprint density at radius 2 is 2.17 bits per heavy atom. The van der Waals surface area contributed by atoms with Crippen LogP contribution in [-0.4, -0.2) is 23.6 Å². The number of nitrogens with zero attached hydrogens (tertiary/aromatic N) is 2. The molecule has 2 heterocycles. The van der Waals surface area contributed by atoms with Gasteiger partial charge in [0, 0.05) is 4.47 Å². The van der Waals surface area contributed by atoms with Crippen LogP contribution in [0.1, 0.15) is 5.69 Å². The molecule has 0 aliphatic carbocycles. The number of aromatic amines is 1. The van der Waals surface area contributed by atoms with Crippen molar-refractivity contribution in [3.63, 3.8) is 0 Å². The minimum absolute atomic E-state index is 0.0173.